The normalized spacial score (nSPS) is 10.6. The minimum atomic E-state index is -0.662. The molecule has 2 amide bonds. The van der Waals surface area contributed by atoms with Crippen LogP contribution in [0.1, 0.15) is 0 Å². The number of methoxy groups -OCH3 is 4. The number of rotatable bonds is 10. The molecule has 0 aliphatic heterocycles. The first kappa shape index (κ1) is 36.4. The third kappa shape index (κ3) is 8.23. The van der Waals surface area contributed by atoms with Crippen molar-refractivity contribution in [3.05, 3.63) is 109 Å². The van der Waals surface area contributed by atoms with E-state index in [1.54, 1.807) is 69.1 Å². The van der Waals surface area contributed by atoms with Crippen LogP contribution in [0.25, 0.3) is 21.8 Å². The fourth-order valence-corrected chi connectivity index (χ4v) is 5.13. The average Bonchev–Trinajstić information content (AvgIpc) is 3.69. The average molecular weight is 739 g/mol. The number of pyridine rings is 2. The zero-order valence-electron chi connectivity index (χ0n) is 29.2. The molecule has 54 heavy (non-hydrogen) atoms. The molecule has 3 aromatic heterocycles. The van der Waals surface area contributed by atoms with Gasteiger partial charge in [-0.3, -0.25) is 15.3 Å². The molecule has 3 heterocycles. The number of benzene rings is 4. The quantitative estimate of drug-likeness (QED) is 0.114. The van der Waals surface area contributed by atoms with Crippen molar-refractivity contribution in [3.8, 4) is 46.0 Å². The van der Waals surface area contributed by atoms with Gasteiger partial charge in [0.05, 0.1) is 39.5 Å². The number of carbonyl (C=O) groups excluding carboxylic acids is 1. The summed E-state index contributed by atoms with van der Waals surface area (Å²) in [5.41, 5.74) is 7.36. The molecule has 0 radical (unpaired) electrons. The molecule has 7 aromatic rings. The van der Waals surface area contributed by atoms with Crippen molar-refractivity contribution in [3.63, 3.8) is 0 Å². The SMILES string of the molecule is COc1cc2nccc(Oc3ccc(N)cc3F)c2cc1OC.COc1cc2nccc(Oc3ccc(NC(=O)Nc4ccon4)cc3F)c2cc1OC. The molecule has 4 N–H and O–H groups in total. The number of fused-ring (bicyclic) bond motifs is 2. The van der Waals surface area contributed by atoms with Gasteiger partial charge < -0.3 is 44.0 Å². The molecule has 0 aliphatic rings. The second-order valence-corrected chi connectivity index (χ2v) is 11.1. The van der Waals surface area contributed by atoms with Crippen LogP contribution < -0.4 is 44.8 Å². The number of anilines is 3. The molecule has 0 saturated carbocycles. The molecule has 0 saturated heterocycles. The second kappa shape index (κ2) is 16.3. The summed E-state index contributed by atoms with van der Waals surface area (Å²) < 4.78 is 65.8. The molecule has 0 aliphatic carbocycles. The van der Waals surface area contributed by atoms with Crippen molar-refractivity contribution >= 4 is 45.0 Å². The van der Waals surface area contributed by atoms with E-state index < -0.39 is 17.7 Å². The molecule has 7 rings (SSSR count). The number of urea groups is 1. The molecule has 14 nitrogen and oxygen atoms in total. The lowest BCUT2D eigenvalue weighted by Crippen LogP contribution is -2.19. The summed E-state index contributed by atoms with van der Waals surface area (Å²) in [7, 11) is 6.14. The standard InChI is InChI=1S/C21H17FN4O5.C17H15FN2O3/c1-28-18-10-13-15(11-19(18)29-2)23-7-5-16(13)31-17-4-3-12(9-14(17)22)24-21(27)25-20-6-8-30-26-20;1-21-16-8-11-13(9-17(16)22-2)20-6-5-14(11)23-15-4-3-10(19)7-12(15)18/h3-11H,1-2H3,(H2,24,25,26,27);3-9H,19H2,1-2H3. The lowest BCUT2D eigenvalue weighted by Gasteiger charge is -2.13. The van der Waals surface area contributed by atoms with Crippen LogP contribution in [0.2, 0.25) is 0 Å². The highest BCUT2D eigenvalue weighted by molar-refractivity contribution is 5.99. The van der Waals surface area contributed by atoms with E-state index in [-0.39, 0.29) is 23.0 Å². The van der Waals surface area contributed by atoms with E-state index in [0.29, 0.717) is 62.0 Å². The number of halogens is 2. The number of carbonyl (C=O) groups is 1. The summed E-state index contributed by atoms with van der Waals surface area (Å²) in [6.07, 6.45) is 4.44. The highest BCUT2D eigenvalue weighted by atomic mass is 19.1. The minimum absolute atomic E-state index is 0.0234. The molecule has 0 spiro atoms. The van der Waals surface area contributed by atoms with Crippen molar-refractivity contribution in [1.29, 1.82) is 0 Å². The topological polar surface area (TPSA) is 174 Å². The molecule has 4 aromatic carbocycles. The maximum absolute atomic E-state index is 14.6. The number of amides is 2. The number of aromatic nitrogens is 3. The van der Waals surface area contributed by atoms with Gasteiger partial charge in [0.15, 0.2) is 51.9 Å². The smallest absolute Gasteiger partial charge is 0.324 e. The maximum atomic E-state index is 14.6. The predicted molar refractivity (Wildman–Crippen MR) is 196 cm³/mol. The third-order valence-electron chi connectivity index (χ3n) is 7.68. The second-order valence-electron chi connectivity index (χ2n) is 11.1. The van der Waals surface area contributed by atoms with Gasteiger partial charge in [0.2, 0.25) is 0 Å². The van der Waals surface area contributed by atoms with Gasteiger partial charge in [-0.15, -0.1) is 0 Å². The van der Waals surface area contributed by atoms with Crippen LogP contribution in [0.3, 0.4) is 0 Å². The van der Waals surface area contributed by atoms with Crippen LogP contribution in [0, 0.1) is 11.6 Å². The Morgan fingerprint density at radius 2 is 1.13 bits per heavy atom. The number of ether oxygens (including phenoxy) is 6. The van der Waals surface area contributed by atoms with Gasteiger partial charge in [0.25, 0.3) is 0 Å². The van der Waals surface area contributed by atoms with Crippen molar-refractivity contribution in [2.24, 2.45) is 0 Å². The Bertz CT molecular complexity index is 2430. The summed E-state index contributed by atoms with van der Waals surface area (Å²) in [5, 5.41) is 9.81. The first-order valence-corrected chi connectivity index (χ1v) is 15.9. The molecule has 0 unspecified atom stereocenters. The summed E-state index contributed by atoms with van der Waals surface area (Å²) in [4.78, 5) is 20.5. The largest absolute Gasteiger partial charge is 0.493 e. The molecule has 0 fully saturated rings. The zero-order valence-corrected chi connectivity index (χ0v) is 29.2. The van der Waals surface area contributed by atoms with E-state index in [4.69, 9.17) is 34.2 Å². The summed E-state index contributed by atoms with van der Waals surface area (Å²) in [6, 6.07) is 19.4. The monoisotopic (exact) mass is 738 g/mol. The maximum Gasteiger partial charge on any atom is 0.324 e. The Labute approximate surface area is 306 Å². The predicted octanol–water partition coefficient (Wildman–Crippen LogP) is 8.58. The highest BCUT2D eigenvalue weighted by Gasteiger charge is 2.15. The first-order valence-electron chi connectivity index (χ1n) is 15.9. The summed E-state index contributed by atoms with van der Waals surface area (Å²) in [6.45, 7) is 0. The van der Waals surface area contributed by atoms with Gasteiger partial charge in [-0.25, -0.2) is 13.6 Å². The highest BCUT2D eigenvalue weighted by Crippen LogP contribution is 2.39. The Morgan fingerprint density at radius 1 is 0.611 bits per heavy atom. The van der Waals surface area contributed by atoms with E-state index in [1.807, 2.05) is 0 Å². The van der Waals surface area contributed by atoms with Crippen LogP contribution in [0.4, 0.5) is 30.8 Å². The van der Waals surface area contributed by atoms with Crippen LogP contribution in [-0.4, -0.2) is 49.6 Å². The van der Waals surface area contributed by atoms with Gasteiger partial charge in [-0.05, 0) is 48.5 Å². The zero-order chi connectivity index (χ0) is 38.2. The van der Waals surface area contributed by atoms with Crippen LogP contribution in [0.5, 0.6) is 46.0 Å². The Kier molecular flexibility index (Phi) is 11.0. The van der Waals surface area contributed by atoms with E-state index in [2.05, 4.69) is 30.3 Å². The first-order chi connectivity index (χ1) is 26.2. The van der Waals surface area contributed by atoms with E-state index in [9.17, 15) is 13.6 Å². The van der Waals surface area contributed by atoms with Gasteiger partial charge >= 0.3 is 6.03 Å². The van der Waals surface area contributed by atoms with Crippen LogP contribution >= 0.6 is 0 Å². The molecule has 276 valence electrons. The van der Waals surface area contributed by atoms with Gasteiger partial charge in [0, 0.05) is 64.9 Å². The van der Waals surface area contributed by atoms with E-state index in [0.717, 1.165) is 6.07 Å². The van der Waals surface area contributed by atoms with Crippen molar-refractivity contribution in [1.82, 2.24) is 15.1 Å². The number of hydrogen-bond donors (Lipinski definition) is 3. The lowest BCUT2D eigenvalue weighted by molar-refractivity contribution is 0.262. The van der Waals surface area contributed by atoms with E-state index >= 15 is 0 Å². The fourth-order valence-electron chi connectivity index (χ4n) is 5.13. The molecular formula is C38H32F2N6O8. The Morgan fingerprint density at radius 3 is 1.61 bits per heavy atom. The summed E-state index contributed by atoms with van der Waals surface area (Å²) >= 11 is 0. The van der Waals surface area contributed by atoms with Gasteiger partial charge in [-0.1, -0.05) is 5.16 Å². The van der Waals surface area contributed by atoms with Crippen molar-refractivity contribution < 1.29 is 46.5 Å². The number of hydrogen-bond acceptors (Lipinski definition) is 12. The molecule has 0 atom stereocenters. The molecule has 16 heteroatoms. The number of nitrogens with zero attached hydrogens (tertiary/aromatic N) is 3. The minimum Gasteiger partial charge on any atom is -0.493 e. The Balaban J connectivity index is 0.000000193. The Hall–Kier alpha value is -7.36. The summed E-state index contributed by atoms with van der Waals surface area (Å²) in [5.74, 6) is 2.05. The van der Waals surface area contributed by atoms with Gasteiger partial charge in [0.1, 0.15) is 17.8 Å². The van der Waals surface area contributed by atoms with Gasteiger partial charge in [-0.2, -0.15) is 0 Å². The number of nitrogen functional groups attached to an aromatic ring is 1. The van der Waals surface area contributed by atoms with Crippen molar-refractivity contribution in [2.75, 3.05) is 44.8 Å². The number of nitrogens with two attached hydrogens (primary N) is 1. The van der Waals surface area contributed by atoms with Crippen LogP contribution in [0.15, 0.2) is 102 Å². The number of nitrogens with one attached hydrogen (secondary N) is 2. The van der Waals surface area contributed by atoms with E-state index in [1.165, 1.54) is 50.8 Å². The third-order valence-corrected chi connectivity index (χ3v) is 7.68. The van der Waals surface area contributed by atoms with Crippen molar-refractivity contribution in [2.45, 2.75) is 0 Å². The van der Waals surface area contributed by atoms with Crippen LogP contribution in [-0.2, 0) is 0 Å². The molecule has 0 bridgehead atoms. The fraction of sp³-hybridized carbons (Fsp3) is 0.105. The lowest BCUT2D eigenvalue weighted by atomic mass is 10.2. The molecular weight excluding hydrogens is 706 g/mol.